The lowest BCUT2D eigenvalue weighted by molar-refractivity contribution is 0.131. The Hall–Kier alpha value is -1.22. The van der Waals surface area contributed by atoms with E-state index in [0.29, 0.717) is 12.5 Å². The second-order valence-corrected chi connectivity index (χ2v) is 4.55. The van der Waals surface area contributed by atoms with Gasteiger partial charge in [0.15, 0.2) is 11.5 Å². The van der Waals surface area contributed by atoms with Gasteiger partial charge in [-0.3, -0.25) is 0 Å². The Balaban J connectivity index is 1.70. The quantitative estimate of drug-likeness (QED) is 0.740. The lowest BCUT2D eigenvalue weighted by Crippen LogP contribution is -2.11. The number of benzene rings is 1. The molecule has 3 heteroatoms. The maximum Gasteiger partial charge on any atom is 0.161 e. The summed E-state index contributed by atoms with van der Waals surface area (Å²) in [4.78, 5) is 0. The highest BCUT2D eigenvalue weighted by molar-refractivity contribution is 5.39. The first kappa shape index (κ1) is 12.2. The van der Waals surface area contributed by atoms with E-state index < -0.39 is 0 Å². The second kappa shape index (κ2) is 5.92. The average Bonchev–Trinajstić information content (AvgIpc) is 3.19. The van der Waals surface area contributed by atoms with Crippen molar-refractivity contribution in [2.75, 3.05) is 13.7 Å². The SMILES string of the molecule is COc1ccccc1OCCCC(O)C1CC1. The van der Waals surface area contributed by atoms with Crippen molar-refractivity contribution in [2.24, 2.45) is 5.92 Å². The van der Waals surface area contributed by atoms with E-state index in [4.69, 9.17) is 9.47 Å². The summed E-state index contributed by atoms with van der Waals surface area (Å²) in [5, 5.41) is 9.71. The molecule has 1 fully saturated rings. The second-order valence-electron chi connectivity index (χ2n) is 4.55. The number of para-hydroxylation sites is 2. The van der Waals surface area contributed by atoms with Gasteiger partial charge in [0, 0.05) is 0 Å². The van der Waals surface area contributed by atoms with Crippen LogP contribution in [0.25, 0.3) is 0 Å². The zero-order valence-electron chi connectivity index (χ0n) is 10.3. The molecule has 0 spiro atoms. The number of aliphatic hydroxyl groups is 1. The van der Waals surface area contributed by atoms with E-state index in [1.54, 1.807) is 7.11 Å². The van der Waals surface area contributed by atoms with Crippen LogP contribution in [0.1, 0.15) is 25.7 Å². The minimum atomic E-state index is -0.128. The zero-order chi connectivity index (χ0) is 12.1. The van der Waals surface area contributed by atoms with Crippen LogP contribution >= 0.6 is 0 Å². The number of ether oxygens (including phenoxy) is 2. The number of rotatable bonds is 7. The fourth-order valence-corrected chi connectivity index (χ4v) is 1.93. The third kappa shape index (κ3) is 3.63. The smallest absolute Gasteiger partial charge is 0.161 e. The molecule has 0 aliphatic heterocycles. The van der Waals surface area contributed by atoms with Gasteiger partial charge in [0.25, 0.3) is 0 Å². The van der Waals surface area contributed by atoms with Crippen LogP contribution in [0.5, 0.6) is 11.5 Å². The summed E-state index contributed by atoms with van der Waals surface area (Å²) in [6.07, 6.45) is 3.97. The van der Waals surface area contributed by atoms with Crippen molar-refractivity contribution in [1.82, 2.24) is 0 Å². The van der Waals surface area contributed by atoms with Crippen LogP contribution in [0.2, 0.25) is 0 Å². The normalized spacial score (nSPS) is 16.6. The van der Waals surface area contributed by atoms with E-state index in [0.717, 1.165) is 24.3 Å². The van der Waals surface area contributed by atoms with Gasteiger partial charge in [0.1, 0.15) is 0 Å². The molecule has 2 rings (SSSR count). The molecule has 0 heterocycles. The summed E-state index contributed by atoms with van der Waals surface area (Å²) in [6, 6.07) is 7.63. The van der Waals surface area contributed by atoms with Gasteiger partial charge in [-0.05, 0) is 43.7 Å². The molecule has 1 aliphatic rings. The molecule has 94 valence electrons. The molecule has 17 heavy (non-hydrogen) atoms. The van der Waals surface area contributed by atoms with Crippen LogP contribution in [-0.4, -0.2) is 24.9 Å². The predicted octanol–water partition coefficient (Wildman–Crippen LogP) is 2.63. The molecule has 0 amide bonds. The summed E-state index contributed by atoms with van der Waals surface area (Å²) in [7, 11) is 1.64. The fraction of sp³-hybridized carbons (Fsp3) is 0.571. The highest BCUT2D eigenvalue weighted by atomic mass is 16.5. The van der Waals surface area contributed by atoms with Crippen molar-refractivity contribution in [3.63, 3.8) is 0 Å². The lowest BCUT2D eigenvalue weighted by atomic mass is 10.1. The number of hydrogen-bond donors (Lipinski definition) is 1. The van der Waals surface area contributed by atoms with E-state index >= 15 is 0 Å². The van der Waals surface area contributed by atoms with Crippen molar-refractivity contribution in [2.45, 2.75) is 31.8 Å². The highest BCUT2D eigenvalue weighted by Gasteiger charge is 2.28. The lowest BCUT2D eigenvalue weighted by Gasteiger charge is -2.12. The van der Waals surface area contributed by atoms with Crippen molar-refractivity contribution in [3.8, 4) is 11.5 Å². The molecule has 1 aromatic carbocycles. The molecule has 1 unspecified atom stereocenters. The first-order valence-corrected chi connectivity index (χ1v) is 6.25. The van der Waals surface area contributed by atoms with Gasteiger partial charge in [-0.25, -0.2) is 0 Å². The maximum atomic E-state index is 9.71. The summed E-state index contributed by atoms with van der Waals surface area (Å²) in [5.74, 6) is 2.09. The Morgan fingerprint density at radius 3 is 2.65 bits per heavy atom. The van der Waals surface area contributed by atoms with Crippen LogP contribution < -0.4 is 9.47 Å². The monoisotopic (exact) mass is 236 g/mol. The molecule has 0 aromatic heterocycles. The molecule has 1 saturated carbocycles. The summed E-state index contributed by atoms with van der Waals surface area (Å²) in [6.45, 7) is 0.629. The highest BCUT2D eigenvalue weighted by Crippen LogP contribution is 2.34. The average molecular weight is 236 g/mol. The van der Waals surface area contributed by atoms with Crippen LogP contribution in [-0.2, 0) is 0 Å². The van der Waals surface area contributed by atoms with E-state index in [1.165, 1.54) is 12.8 Å². The molecule has 1 atom stereocenters. The Morgan fingerprint density at radius 1 is 1.29 bits per heavy atom. The Kier molecular flexibility index (Phi) is 4.26. The first-order valence-electron chi connectivity index (χ1n) is 6.25. The third-order valence-corrected chi connectivity index (χ3v) is 3.14. The van der Waals surface area contributed by atoms with Gasteiger partial charge in [-0.1, -0.05) is 12.1 Å². The minimum absolute atomic E-state index is 0.128. The predicted molar refractivity (Wildman–Crippen MR) is 66.5 cm³/mol. The topological polar surface area (TPSA) is 38.7 Å². The Labute approximate surface area is 102 Å². The number of aliphatic hydroxyl groups excluding tert-OH is 1. The van der Waals surface area contributed by atoms with Gasteiger partial charge in [0.05, 0.1) is 19.8 Å². The molecule has 0 saturated heterocycles. The van der Waals surface area contributed by atoms with Gasteiger partial charge in [-0.15, -0.1) is 0 Å². The first-order chi connectivity index (χ1) is 8.31. The van der Waals surface area contributed by atoms with Crippen LogP contribution in [0.15, 0.2) is 24.3 Å². The van der Waals surface area contributed by atoms with E-state index in [9.17, 15) is 5.11 Å². The Bertz CT molecular complexity index is 347. The molecule has 3 nitrogen and oxygen atoms in total. The van der Waals surface area contributed by atoms with E-state index in [2.05, 4.69) is 0 Å². The Morgan fingerprint density at radius 2 is 2.00 bits per heavy atom. The molecule has 0 bridgehead atoms. The largest absolute Gasteiger partial charge is 0.493 e. The summed E-state index contributed by atoms with van der Waals surface area (Å²) < 4.78 is 10.8. The molecule has 1 aliphatic carbocycles. The maximum absolute atomic E-state index is 9.71. The van der Waals surface area contributed by atoms with Crippen molar-refractivity contribution in [3.05, 3.63) is 24.3 Å². The molecule has 0 radical (unpaired) electrons. The summed E-state index contributed by atoms with van der Waals surface area (Å²) in [5.41, 5.74) is 0. The van der Waals surface area contributed by atoms with Crippen LogP contribution in [0, 0.1) is 5.92 Å². The molecular formula is C14H20O3. The van der Waals surface area contributed by atoms with Gasteiger partial charge < -0.3 is 14.6 Å². The molecule has 1 N–H and O–H groups in total. The number of methoxy groups -OCH3 is 1. The molecule has 1 aromatic rings. The molecular weight excluding hydrogens is 216 g/mol. The van der Waals surface area contributed by atoms with E-state index in [1.807, 2.05) is 24.3 Å². The van der Waals surface area contributed by atoms with Gasteiger partial charge in [0.2, 0.25) is 0 Å². The van der Waals surface area contributed by atoms with Crippen LogP contribution in [0.4, 0.5) is 0 Å². The third-order valence-electron chi connectivity index (χ3n) is 3.14. The van der Waals surface area contributed by atoms with Crippen molar-refractivity contribution < 1.29 is 14.6 Å². The fourth-order valence-electron chi connectivity index (χ4n) is 1.93. The zero-order valence-corrected chi connectivity index (χ0v) is 10.3. The minimum Gasteiger partial charge on any atom is -0.493 e. The van der Waals surface area contributed by atoms with Crippen molar-refractivity contribution >= 4 is 0 Å². The summed E-state index contributed by atoms with van der Waals surface area (Å²) >= 11 is 0. The number of hydrogen-bond acceptors (Lipinski definition) is 3. The van der Waals surface area contributed by atoms with Gasteiger partial charge in [-0.2, -0.15) is 0 Å². The standard InChI is InChI=1S/C14H20O3/c1-16-13-6-2-3-7-14(13)17-10-4-5-12(15)11-8-9-11/h2-3,6-7,11-12,15H,4-5,8-10H2,1H3. The van der Waals surface area contributed by atoms with Crippen molar-refractivity contribution in [1.29, 1.82) is 0 Å². The van der Waals surface area contributed by atoms with E-state index in [-0.39, 0.29) is 6.10 Å². The van der Waals surface area contributed by atoms with Crippen LogP contribution in [0.3, 0.4) is 0 Å². The van der Waals surface area contributed by atoms with Gasteiger partial charge >= 0.3 is 0 Å².